The number of aromatic amines is 1. The number of aryl methyl sites for hydroxylation is 1. The van der Waals surface area contributed by atoms with Crippen molar-refractivity contribution in [3.05, 3.63) is 22.1 Å². The molecule has 0 aromatic carbocycles. The van der Waals surface area contributed by atoms with Crippen LogP contribution in [0.1, 0.15) is 5.69 Å². The monoisotopic (exact) mass is 320 g/mol. The van der Waals surface area contributed by atoms with Gasteiger partial charge in [-0.05, 0) is 0 Å². The van der Waals surface area contributed by atoms with Crippen LogP contribution in [-0.2, 0) is 0 Å². The van der Waals surface area contributed by atoms with Crippen LogP contribution in [0.5, 0.6) is 0 Å². The van der Waals surface area contributed by atoms with E-state index in [9.17, 15) is 4.79 Å². The molecule has 5 N–H and O–H groups in total. The molecular weight excluding hydrogens is 311 g/mol. The van der Waals surface area contributed by atoms with Gasteiger partial charge in [-0.3, -0.25) is 0 Å². The van der Waals surface area contributed by atoms with Gasteiger partial charge in [0.2, 0.25) is 0 Å². The second-order valence-corrected chi connectivity index (χ2v) is 5.62. The molecule has 0 aliphatic carbocycles. The number of aromatic nitrogens is 3. The third-order valence-corrected chi connectivity index (χ3v) is 5.15. The fraction of sp³-hybridized carbons (Fsp3) is 0.143. The first-order valence-corrected chi connectivity index (χ1v) is 7.85. The Kier molecular flexibility index (Phi) is 2.59. The SMILES string of the molecule is Cc1cc2[nH]nc(N)c2c(=O)[n]1[Pr][NH2]. The number of nitrogen functional groups attached to an aromatic ring is 1. The topological polar surface area (TPSA) is 103 Å². The average Bonchev–Trinajstić information content (AvgIpc) is 2.48. The normalized spacial score (nSPS) is 10.4. The van der Waals surface area contributed by atoms with Crippen LogP contribution in [0.4, 0.5) is 5.82 Å². The van der Waals surface area contributed by atoms with E-state index in [1.54, 1.807) is 0.590 Å². The first-order valence-electron chi connectivity index (χ1n) is 4.06. The quantitative estimate of drug-likeness (QED) is 0.649. The van der Waals surface area contributed by atoms with Crippen molar-refractivity contribution in [3.63, 3.8) is 0 Å². The molecule has 2 aromatic rings. The Morgan fingerprint density at radius 1 is 1.64 bits per heavy atom. The van der Waals surface area contributed by atoms with Crippen molar-refractivity contribution in [1.29, 1.82) is 0 Å². The molecule has 0 amide bonds. The molecule has 14 heavy (non-hydrogen) atoms. The second-order valence-electron chi connectivity index (χ2n) is 3.01. The van der Waals surface area contributed by atoms with Crippen LogP contribution in [0.25, 0.3) is 10.9 Å². The van der Waals surface area contributed by atoms with Crippen LogP contribution >= 0.6 is 0 Å². The van der Waals surface area contributed by atoms with E-state index in [1.807, 2.05) is 13.0 Å². The Morgan fingerprint density at radius 2 is 2.36 bits per heavy atom. The third kappa shape index (κ3) is 1.38. The summed E-state index contributed by atoms with van der Waals surface area (Å²) in [7, 11) is 0. The molecule has 2 aromatic heterocycles. The standard InChI is InChI=1S/C7H8N4O.H2N.Pr/c1-3-2-4-5(7(12)9-3)6(8)11-10-4;;/h2H,1H3,(H4,8,9,10,11,12);1H2;/q;-1;+2/p-1. The number of hydrogen-bond donors (Lipinski definition) is 3. The summed E-state index contributed by atoms with van der Waals surface area (Å²) in [4.78, 5) is 11.9. The van der Waals surface area contributed by atoms with Crippen LogP contribution in [0, 0.1) is 44.8 Å². The van der Waals surface area contributed by atoms with Gasteiger partial charge in [-0.1, -0.05) is 0 Å². The van der Waals surface area contributed by atoms with Gasteiger partial charge in [-0.15, -0.1) is 0 Å². The number of anilines is 1. The summed E-state index contributed by atoms with van der Waals surface area (Å²) in [6.45, 7) is 1.86. The minimum atomic E-state index is -1.64. The number of nitrogens with one attached hydrogen (secondary N) is 1. The summed E-state index contributed by atoms with van der Waals surface area (Å²) >= 11 is -1.64. The first kappa shape index (κ1) is 10.1. The summed E-state index contributed by atoms with van der Waals surface area (Å²) in [6, 6.07) is 1.85. The zero-order chi connectivity index (χ0) is 10.3. The van der Waals surface area contributed by atoms with Crippen molar-refractivity contribution < 1.29 is 37.9 Å². The molecule has 0 spiro atoms. The van der Waals surface area contributed by atoms with E-state index in [4.69, 9.17) is 7.49 Å². The fourth-order valence-electron chi connectivity index (χ4n) is 1.44. The molecule has 0 saturated heterocycles. The number of nitrogens with two attached hydrogens (primary N) is 2. The van der Waals surface area contributed by atoms with Crippen LogP contribution in [0.15, 0.2) is 10.9 Å². The Hall–Kier alpha value is -0.456. The van der Waals surface area contributed by atoms with Gasteiger partial charge in [0.1, 0.15) is 0 Å². The molecule has 0 aliphatic rings. The number of H-pyrrole nitrogens is 1. The predicted molar refractivity (Wildman–Crippen MR) is 49.1 cm³/mol. The van der Waals surface area contributed by atoms with Gasteiger partial charge in [-0.2, -0.15) is 0 Å². The van der Waals surface area contributed by atoms with E-state index in [2.05, 4.69) is 10.2 Å². The molecule has 7 heteroatoms. The van der Waals surface area contributed by atoms with Gasteiger partial charge in [0.15, 0.2) is 0 Å². The maximum absolute atomic E-state index is 11.9. The number of hydrogen-bond acceptors (Lipinski definition) is 4. The van der Waals surface area contributed by atoms with E-state index >= 15 is 0 Å². The Balaban J connectivity index is 2.97. The van der Waals surface area contributed by atoms with Crippen molar-refractivity contribution in [3.8, 4) is 0 Å². The molecule has 0 unspecified atom stereocenters. The molecule has 2 rings (SSSR count). The van der Waals surface area contributed by atoms with Gasteiger partial charge in [0.05, 0.1) is 0 Å². The Bertz CT molecular complexity index is 543. The molecule has 2 heterocycles. The molecule has 0 saturated carbocycles. The summed E-state index contributed by atoms with van der Waals surface area (Å²) in [5.74, 6) is 0.248. The second kappa shape index (κ2) is 3.60. The zero-order valence-electron chi connectivity index (χ0n) is 7.61. The predicted octanol–water partition coefficient (Wildman–Crippen LogP) is -0.663. The Morgan fingerprint density at radius 3 is 3.00 bits per heavy atom. The summed E-state index contributed by atoms with van der Waals surface area (Å²) in [5, 5.41) is 6.97. The summed E-state index contributed by atoms with van der Waals surface area (Å²) < 4.78 is 7.32. The van der Waals surface area contributed by atoms with E-state index < -0.39 is 37.9 Å². The average molecular weight is 320 g/mol. The molecule has 71 valence electrons. The molecule has 6 nitrogen and oxygen atoms in total. The van der Waals surface area contributed by atoms with Crippen LogP contribution in [-0.4, -0.2) is 10.8 Å². The maximum atomic E-state index is 11.9. The number of pyridine rings is 1. The summed E-state index contributed by atoms with van der Waals surface area (Å²) in [6.07, 6.45) is 0. The van der Waals surface area contributed by atoms with E-state index in [0.29, 0.717) is 10.9 Å². The van der Waals surface area contributed by atoms with Crippen LogP contribution in [0.3, 0.4) is 0 Å². The van der Waals surface area contributed by atoms with Gasteiger partial charge in [0, 0.05) is 0 Å². The molecule has 0 radical (unpaired) electrons. The minimum absolute atomic E-state index is 0.108. The van der Waals surface area contributed by atoms with Crippen molar-refractivity contribution >= 4 is 16.7 Å². The van der Waals surface area contributed by atoms with Crippen molar-refractivity contribution in [2.24, 2.45) is 1.76 Å². The van der Waals surface area contributed by atoms with Crippen molar-refractivity contribution in [2.45, 2.75) is 6.92 Å². The van der Waals surface area contributed by atoms with E-state index in [-0.39, 0.29) is 11.4 Å². The molecule has 0 aliphatic heterocycles. The number of nitrogens with zero attached hydrogens (tertiary/aromatic N) is 2. The molecule has 0 fully saturated rings. The summed E-state index contributed by atoms with van der Waals surface area (Å²) in [5.41, 5.74) is 7.03. The van der Waals surface area contributed by atoms with Crippen molar-refractivity contribution in [1.82, 2.24) is 10.8 Å². The van der Waals surface area contributed by atoms with Gasteiger partial charge < -0.3 is 0 Å². The van der Waals surface area contributed by atoms with E-state index in [1.165, 1.54) is 0 Å². The fourth-order valence-corrected chi connectivity index (χ4v) is 3.29. The van der Waals surface area contributed by atoms with Crippen LogP contribution in [0.2, 0.25) is 0 Å². The van der Waals surface area contributed by atoms with Crippen molar-refractivity contribution in [2.75, 3.05) is 5.73 Å². The third-order valence-electron chi connectivity index (χ3n) is 2.14. The van der Waals surface area contributed by atoms with E-state index in [0.717, 1.165) is 5.69 Å². The van der Waals surface area contributed by atoms with Gasteiger partial charge >= 0.3 is 102 Å². The number of rotatable bonds is 1. The van der Waals surface area contributed by atoms with Gasteiger partial charge in [-0.25, -0.2) is 0 Å². The molecule has 0 atom stereocenters. The van der Waals surface area contributed by atoms with Gasteiger partial charge in [0.25, 0.3) is 0 Å². The number of fused-ring (bicyclic) bond motifs is 1. The molecular formula is C7H9N5OPr. The first-order chi connectivity index (χ1) is 6.65. The zero-order valence-corrected chi connectivity index (χ0v) is 11.3. The Labute approximate surface area is 101 Å². The van der Waals surface area contributed by atoms with Crippen LogP contribution < -0.4 is 13.0 Å². The molecule has 0 bridgehead atoms.